The van der Waals surface area contributed by atoms with E-state index in [0.717, 1.165) is 31.2 Å². The molecule has 0 bridgehead atoms. The number of ether oxygens (including phenoxy) is 2. The topological polar surface area (TPSA) is 76.7 Å². The van der Waals surface area contributed by atoms with E-state index in [1.807, 2.05) is 50.2 Å². The molecule has 31 heavy (non-hydrogen) atoms. The van der Waals surface area contributed by atoms with Gasteiger partial charge in [0, 0.05) is 31.0 Å². The normalized spacial score (nSPS) is 17.4. The lowest BCUT2D eigenvalue weighted by atomic mass is 9.94. The molecule has 2 aromatic rings. The van der Waals surface area contributed by atoms with Crippen LogP contribution in [-0.2, 0) is 9.59 Å². The molecule has 2 aliphatic rings. The van der Waals surface area contributed by atoms with Crippen molar-refractivity contribution in [2.45, 2.75) is 64.2 Å². The summed E-state index contributed by atoms with van der Waals surface area (Å²) in [6, 6.07) is 13.9. The summed E-state index contributed by atoms with van der Waals surface area (Å²) in [6.07, 6.45) is 5.50. The second-order valence-corrected chi connectivity index (χ2v) is 8.84. The van der Waals surface area contributed by atoms with E-state index in [1.165, 1.54) is 6.42 Å². The molecule has 2 N–H and O–H groups in total. The number of hydrogen-bond donors (Lipinski definition) is 2. The number of fused-ring (bicyclic) bond motifs is 1. The molecule has 4 rings (SSSR count). The number of carbonyl (C=O) groups excluding carboxylic acids is 2. The van der Waals surface area contributed by atoms with Crippen LogP contribution in [0, 0.1) is 5.92 Å². The molecule has 0 radical (unpaired) electrons. The molecule has 1 saturated carbocycles. The highest BCUT2D eigenvalue weighted by Gasteiger charge is 2.42. The number of benzene rings is 2. The van der Waals surface area contributed by atoms with Gasteiger partial charge < -0.3 is 20.1 Å². The van der Waals surface area contributed by atoms with Gasteiger partial charge in [0.2, 0.25) is 5.91 Å². The Balaban J connectivity index is 1.49. The third-order valence-electron chi connectivity index (χ3n) is 5.71. The Hall–Kier alpha value is -3.02. The summed E-state index contributed by atoms with van der Waals surface area (Å²) in [5, 5.41) is 5.81. The first-order chi connectivity index (χ1) is 14.9. The molecule has 2 amide bonds. The van der Waals surface area contributed by atoms with Gasteiger partial charge >= 0.3 is 0 Å². The average Bonchev–Trinajstić information content (AvgIpc) is 3.09. The average molecular weight is 423 g/mol. The summed E-state index contributed by atoms with van der Waals surface area (Å²) in [5.74, 6) is 0.573. The van der Waals surface area contributed by atoms with Crippen molar-refractivity contribution in [3.05, 3.63) is 54.1 Å². The molecule has 0 aromatic heterocycles. The van der Waals surface area contributed by atoms with Crippen LogP contribution in [0.5, 0.6) is 11.5 Å². The molecule has 6 nitrogen and oxygen atoms in total. The van der Waals surface area contributed by atoms with Gasteiger partial charge in [-0.1, -0.05) is 50.6 Å². The van der Waals surface area contributed by atoms with Crippen molar-refractivity contribution >= 4 is 17.5 Å². The van der Waals surface area contributed by atoms with Crippen molar-refractivity contribution in [2.24, 2.45) is 5.92 Å². The maximum Gasteiger partial charge on any atom is 0.251 e. The molecule has 1 aliphatic carbocycles. The van der Waals surface area contributed by atoms with Crippen LogP contribution in [0.1, 0.15) is 64.0 Å². The molecule has 1 heterocycles. The lowest BCUT2D eigenvalue weighted by molar-refractivity contribution is -0.127. The molecular formula is C25H30N2O4. The molecule has 0 saturated heterocycles. The Morgan fingerprint density at radius 1 is 0.968 bits per heavy atom. The fourth-order valence-electron chi connectivity index (χ4n) is 4.22. The van der Waals surface area contributed by atoms with E-state index in [2.05, 4.69) is 10.6 Å². The fourth-order valence-corrected chi connectivity index (χ4v) is 4.22. The summed E-state index contributed by atoms with van der Waals surface area (Å²) in [5.41, 5.74) is 1.35. The van der Waals surface area contributed by atoms with Gasteiger partial charge in [-0.15, -0.1) is 0 Å². The predicted molar refractivity (Wildman–Crippen MR) is 119 cm³/mol. The first-order valence-corrected chi connectivity index (χ1v) is 11.1. The standard InChI is InChI=1S/C25H30N2O4/c1-17(2)15-22(28)27-23(18-9-5-3-6-10-18)24(29)26-19-11-12-20-21(16-19)31-25(30-20)13-7-4-8-14-25/h3,5-6,9-12,16-17,23H,4,7-8,13-15H2,1-2H3,(H,26,29)(H,27,28). The van der Waals surface area contributed by atoms with E-state index in [0.29, 0.717) is 23.6 Å². The molecule has 1 unspecified atom stereocenters. The predicted octanol–water partition coefficient (Wildman–Crippen LogP) is 4.96. The fraction of sp³-hybridized carbons (Fsp3) is 0.440. The highest BCUT2D eigenvalue weighted by Crippen LogP contribution is 2.46. The lowest BCUT2D eigenvalue weighted by Gasteiger charge is -2.31. The molecule has 1 fully saturated rings. The number of nitrogens with one attached hydrogen (secondary N) is 2. The SMILES string of the molecule is CC(C)CC(=O)NC(C(=O)Nc1ccc2c(c1)OC1(CCCCC1)O2)c1ccccc1. The number of amides is 2. The molecule has 1 atom stereocenters. The van der Waals surface area contributed by atoms with Crippen molar-refractivity contribution in [3.8, 4) is 11.5 Å². The summed E-state index contributed by atoms with van der Waals surface area (Å²) < 4.78 is 12.3. The maximum atomic E-state index is 13.1. The van der Waals surface area contributed by atoms with Crippen LogP contribution in [0.25, 0.3) is 0 Å². The number of rotatable bonds is 6. The Kier molecular flexibility index (Phi) is 6.16. The quantitative estimate of drug-likeness (QED) is 0.690. The van der Waals surface area contributed by atoms with Crippen molar-refractivity contribution in [2.75, 3.05) is 5.32 Å². The molecule has 6 heteroatoms. The van der Waals surface area contributed by atoms with Crippen LogP contribution in [-0.4, -0.2) is 17.6 Å². The van der Waals surface area contributed by atoms with E-state index >= 15 is 0 Å². The van der Waals surface area contributed by atoms with E-state index < -0.39 is 11.8 Å². The summed E-state index contributed by atoms with van der Waals surface area (Å²) in [7, 11) is 0. The van der Waals surface area contributed by atoms with E-state index in [4.69, 9.17) is 9.47 Å². The van der Waals surface area contributed by atoms with Gasteiger partial charge in [0.15, 0.2) is 11.5 Å². The second kappa shape index (κ2) is 9.00. The smallest absolute Gasteiger partial charge is 0.251 e. The number of anilines is 1. The van der Waals surface area contributed by atoms with Gasteiger partial charge in [0.05, 0.1) is 0 Å². The van der Waals surface area contributed by atoms with Gasteiger partial charge in [-0.25, -0.2) is 0 Å². The summed E-state index contributed by atoms with van der Waals surface area (Å²) >= 11 is 0. The van der Waals surface area contributed by atoms with Crippen molar-refractivity contribution in [1.82, 2.24) is 5.32 Å². The van der Waals surface area contributed by atoms with Crippen LogP contribution in [0.15, 0.2) is 48.5 Å². The number of carbonyl (C=O) groups is 2. The van der Waals surface area contributed by atoms with Gasteiger partial charge in [0.1, 0.15) is 6.04 Å². The maximum absolute atomic E-state index is 13.1. The molecule has 1 aliphatic heterocycles. The van der Waals surface area contributed by atoms with Gasteiger partial charge in [-0.05, 0) is 36.5 Å². The van der Waals surface area contributed by atoms with E-state index in [9.17, 15) is 9.59 Å². The van der Waals surface area contributed by atoms with Crippen molar-refractivity contribution in [3.63, 3.8) is 0 Å². The van der Waals surface area contributed by atoms with E-state index in [1.54, 1.807) is 12.1 Å². The first kappa shape index (κ1) is 21.2. The minimum Gasteiger partial charge on any atom is -0.448 e. The minimum atomic E-state index is -0.775. The monoisotopic (exact) mass is 422 g/mol. The molecule has 1 spiro atoms. The van der Waals surface area contributed by atoms with Crippen molar-refractivity contribution in [1.29, 1.82) is 0 Å². The number of hydrogen-bond acceptors (Lipinski definition) is 4. The third kappa shape index (κ3) is 5.01. The van der Waals surface area contributed by atoms with E-state index in [-0.39, 0.29) is 17.7 Å². The Labute approximate surface area is 183 Å². The third-order valence-corrected chi connectivity index (χ3v) is 5.71. The first-order valence-electron chi connectivity index (χ1n) is 11.1. The largest absolute Gasteiger partial charge is 0.448 e. The minimum absolute atomic E-state index is 0.149. The highest BCUT2D eigenvalue weighted by molar-refractivity contribution is 5.98. The molecule has 2 aromatic carbocycles. The zero-order valence-electron chi connectivity index (χ0n) is 18.1. The van der Waals surface area contributed by atoms with Gasteiger partial charge in [-0.2, -0.15) is 0 Å². The van der Waals surface area contributed by atoms with Crippen molar-refractivity contribution < 1.29 is 19.1 Å². The van der Waals surface area contributed by atoms with Crippen LogP contribution in [0.4, 0.5) is 5.69 Å². The second-order valence-electron chi connectivity index (χ2n) is 8.84. The molecule has 164 valence electrons. The zero-order valence-corrected chi connectivity index (χ0v) is 18.1. The van der Waals surface area contributed by atoms with Gasteiger partial charge in [-0.3, -0.25) is 9.59 Å². The van der Waals surface area contributed by atoms with Crippen LogP contribution < -0.4 is 20.1 Å². The van der Waals surface area contributed by atoms with Crippen LogP contribution in [0.2, 0.25) is 0 Å². The zero-order chi connectivity index (χ0) is 21.8. The Bertz CT molecular complexity index is 936. The summed E-state index contributed by atoms with van der Waals surface area (Å²) in [4.78, 5) is 25.5. The summed E-state index contributed by atoms with van der Waals surface area (Å²) in [6.45, 7) is 3.95. The highest BCUT2D eigenvalue weighted by atomic mass is 16.7. The lowest BCUT2D eigenvalue weighted by Crippen LogP contribution is -2.40. The Morgan fingerprint density at radius 2 is 1.68 bits per heavy atom. The van der Waals surface area contributed by atoms with Crippen LogP contribution >= 0.6 is 0 Å². The van der Waals surface area contributed by atoms with Crippen LogP contribution in [0.3, 0.4) is 0 Å². The Morgan fingerprint density at radius 3 is 2.39 bits per heavy atom. The van der Waals surface area contributed by atoms with Gasteiger partial charge in [0.25, 0.3) is 11.7 Å². The molecular weight excluding hydrogens is 392 g/mol.